The Hall–Kier alpha value is -1.62. The van der Waals surface area contributed by atoms with E-state index in [-0.39, 0.29) is 11.8 Å². The van der Waals surface area contributed by atoms with Crippen LogP contribution in [0.3, 0.4) is 0 Å². The van der Waals surface area contributed by atoms with E-state index in [9.17, 15) is 9.59 Å². The summed E-state index contributed by atoms with van der Waals surface area (Å²) >= 11 is 0. The predicted molar refractivity (Wildman–Crippen MR) is 73.1 cm³/mol. The minimum atomic E-state index is -0.168. The number of amides is 2. The fourth-order valence-corrected chi connectivity index (χ4v) is 1.42. The van der Waals surface area contributed by atoms with E-state index in [1.807, 2.05) is 0 Å². The van der Waals surface area contributed by atoms with Crippen LogP contribution in [0.25, 0.3) is 0 Å². The van der Waals surface area contributed by atoms with Crippen molar-refractivity contribution in [2.24, 2.45) is 0 Å². The molecular formula is C13H23N3O2. The molecule has 0 fully saturated rings. The van der Waals surface area contributed by atoms with Crippen molar-refractivity contribution >= 4 is 11.8 Å². The highest BCUT2D eigenvalue weighted by Crippen LogP contribution is 1.95. The van der Waals surface area contributed by atoms with E-state index in [2.05, 4.69) is 42.5 Å². The van der Waals surface area contributed by atoms with Crippen LogP contribution in [-0.2, 0) is 9.59 Å². The minimum Gasteiger partial charge on any atom is -0.351 e. The topological polar surface area (TPSA) is 61.4 Å². The maximum absolute atomic E-state index is 11.0. The molecule has 5 nitrogen and oxygen atoms in total. The predicted octanol–water partition coefficient (Wildman–Crippen LogP) is 0.301. The lowest BCUT2D eigenvalue weighted by Crippen LogP contribution is -2.42. The van der Waals surface area contributed by atoms with Crippen LogP contribution in [0, 0.1) is 0 Å². The van der Waals surface area contributed by atoms with Gasteiger partial charge in [-0.25, -0.2) is 0 Å². The summed E-state index contributed by atoms with van der Waals surface area (Å²) < 4.78 is 0. The average Bonchev–Trinajstić information content (AvgIpc) is 2.35. The number of nitrogens with one attached hydrogen (secondary N) is 2. The SMILES string of the molecule is C=CC(=O)NCCN(CCNC(=O)C=C)C(C)C. The number of rotatable bonds is 9. The Morgan fingerprint density at radius 1 is 1.06 bits per heavy atom. The number of nitrogens with zero attached hydrogens (tertiary/aromatic N) is 1. The highest BCUT2D eigenvalue weighted by Gasteiger charge is 2.09. The fourth-order valence-electron chi connectivity index (χ4n) is 1.42. The van der Waals surface area contributed by atoms with Gasteiger partial charge >= 0.3 is 0 Å². The Morgan fingerprint density at radius 3 is 1.72 bits per heavy atom. The summed E-state index contributed by atoms with van der Waals surface area (Å²) in [5.41, 5.74) is 0. The summed E-state index contributed by atoms with van der Waals surface area (Å²) in [6, 6.07) is 0.353. The monoisotopic (exact) mass is 253 g/mol. The molecule has 18 heavy (non-hydrogen) atoms. The number of carbonyl (C=O) groups excluding carboxylic acids is 2. The number of hydrogen-bond donors (Lipinski definition) is 2. The first-order chi connectivity index (χ1) is 8.51. The van der Waals surface area contributed by atoms with Crippen molar-refractivity contribution in [3.8, 4) is 0 Å². The van der Waals surface area contributed by atoms with Crippen LogP contribution in [0.1, 0.15) is 13.8 Å². The normalized spacial score (nSPS) is 10.2. The second-order valence-electron chi connectivity index (χ2n) is 4.12. The van der Waals surface area contributed by atoms with Gasteiger partial charge in [0.2, 0.25) is 11.8 Å². The maximum Gasteiger partial charge on any atom is 0.243 e. The van der Waals surface area contributed by atoms with E-state index in [4.69, 9.17) is 0 Å². The molecule has 5 heteroatoms. The molecule has 0 spiro atoms. The van der Waals surface area contributed by atoms with Crippen LogP contribution in [0.15, 0.2) is 25.3 Å². The van der Waals surface area contributed by atoms with Crippen LogP contribution in [0.2, 0.25) is 0 Å². The standard InChI is InChI=1S/C13H23N3O2/c1-5-12(17)14-7-9-16(11(3)4)10-8-15-13(18)6-2/h5-6,11H,1-2,7-10H2,3-4H3,(H,14,17)(H,15,18). The molecule has 0 heterocycles. The van der Waals surface area contributed by atoms with Gasteiger partial charge in [0.25, 0.3) is 0 Å². The van der Waals surface area contributed by atoms with E-state index in [1.54, 1.807) is 0 Å². The molecule has 102 valence electrons. The van der Waals surface area contributed by atoms with E-state index in [0.717, 1.165) is 13.1 Å². The quantitative estimate of drug-likeness (QED) is 0.581. The zero-order chi connectivity index (χ0) is 14.0. The molecule has 0 saturated carbocycles. The molecule has 0 aliphatic heterocycles. The molecule has 0 aliphatic carbocycles. The molecule has 0 aromatic heterocycles. The van der Waals surface area contributed by atoms with Crippen molar-refractivity contribution in [1.29, 1.82) is 0 Å². The Morgan fingerprint density at radius 2 is 1.44 bits per heavy atom. The molecule has 0 radical (unpaired) electrons. The molecule has 0 bridgehead atoms. The molecule has 0 rings (SSSR count). The molecule has 2 N–H and O–H groups in total. The van der Waals surface area contributed by atoms with Crippen LogP contribution >= 0.6 is 0 Å². The van der Waals surface area contributed by atoms with Crippen molar-refractivity contribution in [3.05, 3.63) is 25.3 Å². The van der Waals surface area contributed by atoms with Gasteiger partial charge in [0.05, 0.1) is 0 Å². The molecule has 0 atom stereocenters. The first-order valence-electron chi connectivity index (χ1n) is 6.05. The van der Waals surface area contributed by atoms with Gasteiger partial charge in [-0.05, 0) is 26.0 Å². The van der Waals surface area contributed by atoms with E-state index in [0.29, 0.717) is 19.1 Å². The highest BCUT2D eigenvalue weighted by molar-refractivity contribution is 5.87. The zero-order valence-corrected chi connectivity index (χ0v) is 11.2. The Kier molecular flexibility index (Phi) is 8.57. The summed E-state index contributed by atoms with van der Waals surface area (Å²) in [6.45, 7) is 13.5. The van der Waals surface area contributed by atoms with Crippen molar-refractivity contribution in [2.75, 3.05) is 26.2 Å². The average molecular weight is 253 g/mol. The zero-order valence-electron chi connectivity index (χ0n) is 11.2. The third kappa shape index (κ3) is 7.62. The first-order valence-corrected chi connectivity index (χ1v) is 6.05. The molecule has 0 aromatic rings. The van der Waals surface area contributed by atoms with Gasteiger partial charge in [-0.15, -0.1) is 0 Å². The summed E-state index contributed by atoms with van der Waals surface area (Å²) in [5, 5.41) is 5.45. The van der Waals surface area contributed by atoms with Gasteiger partial charge in [-0.2, -0.15) is 0 Å². The summed E-state index contributed by atoms with van der Waals surface area (Å²) in [7, 11) is 0. The van der Waals surface area contributed by atoms with Crippen LogP contribution in [-0.4, -0.2) is 48.9 Å². The molecule has 2 amide bonds. The van der Waals surface area contributed by atoms with Crippen molar-refractivity contribution < 1.29 is 9.59 Å². The van der Waals surface area contributed by atoms with Crippen molar-refractivity contribution in [1.82, 2.24) is 15.5 Å². The maximum atomic E-state index is 11.0. The Labute approximate surface area is 109 Å². The Bertz CT molecular complexity index is 275. The van der Waals surface area contributed by atoms with Crippen molar-refractivity contribution in [2.45, 2.75) is 19.9 Å². The number of carbonyl (C=O) groups is 2. The van der Waals surface area contributed by atoms with Gasteiger partial charge < -0.3 is 10.6 Å². The van der Waals surface area contributed by atoms with Gasteiger partial charge in [-0.1, -0.05) is 13.2 Å². The van der Waals surface area contributed by atoms with Gasteiger partial charge in [0.1, 0.15) is 0 Å². The molecule has 0 saturated heterocycles. The lowest BCUT2D eigenvalue weighted by molar-refractivity contribution is -0.117. The highest BCUT2D eigenvalue weighted by atomic mass is 16.2. The largest absolute Gasteiger partial charge is 0.351 e. The van der Waals surface area contributed by atoms with Gasteiger partial charge in [0, 0.05) is 32.2 Å². The van der Waals surface area contributed by atoms with E-state index < -0.39 is 0 Å². The first kappa shape index (κ1) is 16.4. The van der Waals surface area contributed by atoms with Gasteiger partial charge in [-0.3, -0.25) is 14.5 Å². The second-order valence-corrected chi connectivity index (χ2v) is 4.12. The van der Waals surface area contributed by atoms with Crippen LogP contribution in [0.4, 0.5) is 0 Å². The molecule has 0 aliphatic rings. The van der Waals surface area contributed by atoms with E-state index in [1.165, 1.54) is 12.2 Å². The summed E-state index contributed by atoms with van der Waals surface area (Å²) in [6.07, 6.45) is 2.51. The van der Waals surface area contributed by atoms with Crippen LogP contribution in [0.5, 0.6) is 0 Å². The van der Waals surface area contributed by atoms with Gasteiger partial charge in [0.15, 0.2) is 0 Å². The third-order valence-electron chi connectivity index (χ3n) is 2.50. The molecule has 0 aromatic carbocycles. The van der Waals surface area contributed by atoms with Crippen molar-refractivity contribution in [3.63, 3.8) is 0 Å². The number of hydrogen-bond acceptors (Lipinski definition) is 3. The van der Waals surface area contributed by atoms with E-state index >= 15 is 0 Å². The minimum absolute atomic E-state index is 0.168. The smallest absolute Gasteiger partial charge is 0.243 e. The van der Waals surface area contributed by atoms with Crippen LogP contribution < -0.4 is 10.6 Å². The fraction of sp³-hybridized carbons (Fsp3) is 0.538. The lowest BCUT2D eigenvalue weighted by atomic mass is 10.3. The summed E-state index contributed by atoms with van der Waals surface area (Å²) in [4.78, 5) is 24.2. The Balaban J connectivity index is 3.92. The third-order valence-corrected chi connectivity index (χ3v) is 2.50. The lowest BCUT2D eigenvalue weighted by Gasteiger charge is -2.26. The molecular weight excluding hydrogens is 230 g/mol. The molecule has 0 unspecified atom stereocenters. The second kappa shape index (κ2) is 9.41. The summed E-state index contributed by atoms with van der Waals surface area (Å²) in [5.74, 6) is -0.336.